The monoisotopic (exact) mass is 939 g/mol. The van der Waals surface area contributed by atoms with Gasteiger partial charge >= 0.3 is 11.9 Å². The zero-order valence-corrected chi connectivity index (χ0v) is 44.8. The van der Waals surface area contributed by atoms with E-state index >= 15 is 0 Å². The number of carbonyl (C=O) groups is 5. The SMILES string of the molecule is CC1(C)C(=O)CC[C@]2(C)[C@H]3C(=O)C=C4[C@H]5C[C@@](C)(C(=O)O)CC[C@]5(C)CC[C@@]4(C)[C@]3(C)CC[C@@H]12.CC1(C)[C@@H](O)CC[C@]2(C)[C@H]3C(=O)C=C4[C@H]5C[C@@](C)(C(=O)O)CC[C@]5(C)CC[C@@]4(C)[C@]3(C)CC[C@@H]12. The van der Waals surface area contributed by atoms with Crippen LogP contribution in [0.15, 0.2) is 23.3 Å². The number of rotatable bonds is 2. The molecule has 10 rings (SSSR count). The highest BCUT2D eigenvalue weighted by atomic mass is 16.4. The Morgan fingerprint density at radius 3 is 1.32 bits per heavy atom. The standard InChI is InChI=1S/C30H46O4.C30H44O4/c2*1-25(2)21-8-11-30(7)23(28(21,5)10-9-22(25)32)20(31)16-18-19-17-27(4,24(33)34)13-12-26(19,3)14-15-29(18,30)6/h16,19,21-23,32H,8-15,17H2,1-7H3,(H,33,34);16,19,21,23H,8-15,17H2,1-7H3,(H,33,34)/t19-,21+,22+,23-,26-,27+,28+,29-,30-;19-,21+,23-,26-,27+,28+,29-,30-/m11/s1. The number of hydrogen-bond acceptors (Lipinski definition) is 6. The van der Waals surface area contributed by atoms with E-state index in [0.29, 0.717) is 31.0 Å². The molecule has 10 aliphatic rings. The predicted octanol–water partition coefficient (Wildman–Crippen LogP) is 13.0. The molecule has 0 spiro atoms. The van der Waals surface area contributed by atoms with Crippen molar-refractivity contribution in [1.29, 1.82) is 0 Å². The van der Waals surface area contributed by atoms with Crippen molar-refractivity contribution in [3.63, 3.8) is 0 Å². The molecule has 0 heterocycles. The van der Waals surface area contributed by atoms with E-state index in [9.17, 15) is 39.3 Å². The molecule has 0 saturated heterocycles. The second-order valence-corrected chi connectivity index (χ2v) is 29.6. The number of Topliss-reactive ketones (excluding diaryl/α,β-unsaturated/α-hetero) is 1. The number of carboxylic acid groups (broad SMARTS) is 2. The van der Waals surface area contributed by atoms with Gasteiger partial charge in [0.1, 0.15) is 5.78 Å². The number of ketones is 3. The maximum Gasteiger partial charge on any atom is 0.309 e. The maximum atomic E-state index is 14.2. The number of aliphatic hydroxyl groups is 1. The van der Waals surface area contributed by atoms with E-state index in [1.807, 2.05) is 26.0 Å². The third-order valence-corrected chi connectivity index (χ3v) is 25.9. The van der Waals surface area contributed by atoms with E-state index < -0.39 is 22.8 Å². The summed E-state index contributed by atoms with van der Waals surface area (Å²) in [6.07, 6.45) is 19.7. The number of aliphatic carboxylic acids is 2. The van der Waals surface area contributed by atoms with Crippen molar-refractivity contribution in [3.8, 4) is 0 Å². The van der Waals surface area contributed by atoms with Crippen molar-refractivity contribution in [2.75, 3.05) is 0 Å². The van der Waals surface area contributed by atoms with Gasteiger partial charge in [-0.05, 0) is 208 Å². The van der Waals surface area contributed by atoms with E-state index in [-0.39, 0.29) is 101 Å². The van der Waals surface area contributed by atoms with Crippen molar-refractivity contribution in [2.24, 2.45) is 100 Å². The Bertz CT molecular complexity index is 2290. The van der Waals surface area contributed by atoms with Crippen LogP contribution in [0.3, 0.4) is 0 Å². The van der Waals surface area contributed by atoms with E-state index in [2.05, 4.69) is 83.1 Å². The Balaban J connectivity index is 0.000000170. The molecular formula is C60H90O8. The minimum absolute atomic E-state index is 0.0296. The number of aliphatic hydroxyl groups excluding tert-OH is 1. The molecule has 0 aliphatic heterocycles. The van der Waals surface area contributed by atoms with Crippen LogP contribution in [-0.4, -0.2) is 50.7 Å². The molecule has 0 aromatic heterocycles. The lowest BCUT2D eigenvalue weighted by Crippen LogP contribution is -2.66. The summed E-state index contributed by atoms with van der Waals surface area (Å²) < 4.78 is 0. The minimum atomic E-state index is -0.721. The van der Waals surface area contributed by atoms with Gasteiger partial charge in [0.15, 0.2) is 11.6 Å². The zero-order valence-electron chi connectivity index (χ0n) is 44.8. The van der Waals surface area contributed by atoms with Gasteiger partial charge in [0.05, 0.1) is 16.9 Å². The molecule has 0 aromatic carbocycles. The fraction of sp³-hybridized carbons (Fsp3) is 0.850. The Hall–Kier alpha value is -2.61. The molecule has 8 saturated carbocycles. The summed E-state index contributed by atoms with van der Waals surface area (Å²) >= 11 is 0. The first kappa shape index (κ1) is 50.3. The van der Waals surface area contributed by atoms with Gasteiger partial charge in [0.2, 0.25) is 0 Å². The van der Waals surface area contributed by atoms with Gasteiger partial charge in [-0.3, -0.25) is 24.0 Å². The fourth-order valence-corrected chi connectivity index (χ4v) is 20.5. The molecule has 8 nitrogen and oxygen atoms in total. The summed E-state index contributed by atoms with van der Waals surface area (Å²) in [7, 11) is 0. The van der Waals surface area contributed by atoms with Crippen LogP contribution in [0.1, 0.15) is 213 Å². The second kappa shape index (κ2) is 15.0. The molecule has 0 amide bonds. The van der Waals surface area contributed by atoms with Crippen molar-refractivity contribution in [1.82, 2.24) is 0 Å². The van der Waals surface area contributed by atoms with Gasteiger partial charge in [0.25, 0.3) is 0 Å². The molecule has 0 bridgehead atoms. The first-order chi connectivity index (χ1) is 31.1. The van der Waals surface area contributed by atoms with Crippen molar-refractivity contribution in [3.05, 3.63) is 23.3 Å². The van der Waals surface area contributed by atoms with Gasteiger partial charge in [-0.1, -0.05) is 94.2 Å². The van der Waals surface area contributed by atoms with Crippen LogP contribution < -0.4 is 0 Å². The first-order valence-electron chi connectivity index (χ1n) is 27.3. The Labute approximate surface area is 409 Å². The number of fused-ring (bicyclic) bond motifs is 14. The third-order valence-electron chi connectivity index (χ3n) is 25.9. The summed E-state index contributed by atoms with van der Waals surface area (Å²) in [4.78, 5) is 65.7. The lowest BCUT2D eigenvalue weighted by Gasteiger charge is -2.70. The van der Waals surface area contributed by atoms with E-state index in [0.717, 1.165) is 96.3 Å². The fourth-order valence-electron chi connectivity index (χ4n) is 20.5. The quantitative estimate of drug-likeness (QED) is 0.248. The van der Waals surface area contributed by atoms with Crippen molar-refractivity contribution >= 4 is 29.3 Å². The van der Waals surface area contributed by atoms with Gasteiger partial charge in [-0.15, -0.1) is 0 Å². The van der Waals surface area contributed by atoms with Crippen LogP contribution in [-0.2, 0) is 24.0 Å². The van der Waals surface area contributed by atoms with Crippen molar-refractivity contribution in [2.45, 2.75) is 219 Å². The highest BCUT2D eigenvalue weighted by Gasteiger charge is 2.72. The summed E-state index contributed by atoms with van der Waals surface area (Å²) in [5.74, 6) is 0.282. The van der Waals surface area contributed by atoms with Crippen LogP contribution in [0.25, 0.3) is 0 Å². The molecular weight excluding hydrogens is 849 g/mol. The second-order valence-electron chi connectivity index (χ2n) is 29.6. The van der Waals surface area contributed by atoms with E-state index in [4.69, 9.17) is 0 Å². The molecule has 10 aliphatic carbocycles. The van der Waals surface area contributed by atoms with Crippen LogP contribution in [0.4, 0.5) is 0 Å². The largest absolute Gasteiger partial charge is 0.481 e. The third kappa shape index (κ3) is 6.33. The lowest BCUT2D eigenvalue weighted by molar-refractivity contribution is -0.202. The van der Waals surface area contributed by atoms with Gasteiger partial charge in [-0.25, -0.2) is 0 Å². The maximum absolute atomic E-state index is 14.2. The predicted molar refractivity (Wildman–Crippen MR) is 265 cm³/mol. The molecule has 0 radical (unpaired) electrons. The number of carbonyl (C=O) groups excluding carboxylic acids is 3. The molecule has 68 heavy (non-hydrogen) atoms. The number of carboxylic acids is 2. The van der Waals surface area contributed by atoms with E-state index in [1.54, 1.807) is 0 Å². The van der Waals surface area contributed by atoms with Crippen LogP contribution in [0.5, 0.6) is 0 Å². The normalized spacial score (nSPS) is 53.0. The average molecular weight is 939 g/mol. The van der Waals surface area contributed by atoms with Crippen molar-refractivity contribution < 1.29 is 39.3 Å². The highest BCUT2D eigenvalue weighted by Crippen LogP contribution is 2.77. The topological polar surface area (TPSA) is 146 Å². The summed E-state index contributed by atoms with van der Waals surface area (Å²) in [5.41, 5.74) is -0.0631. The summed E-state index contributed by atoms with van der Waals surface area (Å²) in [6.45, 7) is 31.4. The molecule has 378 valence electrons. The molecule has 17 atom stereocenters. The highest BCUT2D eigenvalue weighted by molar-refractivity contribution is 5.97. The molecule has 0 aromatic rings. The molecule has 3 N–H and O–H groups in total. The minimum Gasteiger partial charge on any atom is -0.481 e. The zero-order chi connectivity index (χ0) is 50.2. The van der Waals surface area contributed by atoms with Gasteiger partial charge < -0.3 is 15.3 Å². The average Bonchev–Trinajstić information content (AvgIpc) is 3.24. The molecule has 0 unspecified atom stereocenters. The Morgan fingerprint density at radius 1 is 0.500 bits per heavy atom. The van der Waals surface area contributed by atoms with Crippen LogP contribution in [0, 0.1) is 100 Å². The van der Waals surface area contributed by atoms with Crippen LogP contribution >= 0.6 is 0 Å². The van der Waals surface area contributed by atoms with E-state index in [1.165, 1.54) is 11.1 Å². The smallest absolute Gasteiger partial charge is 0.309 e. The van der Waals surface area contributed by atoms with Gasteiger partial charge in [-0.2, -0.15) is 0 Å². The summed E-state index contributed by atoms with van der Waals surface area (Å²) in [6, 6.07) is 0. The lowest BCUT2D eigenvalue weighted by atomic mass is 9.33. The molecule has 8 fully saturated rings. The number of allylic oxidation sites excluding steroid dienone is 4. The summed E-state index contributed by atoms with van der Waals surface area (Å²) in [5, 5.41) is 31.0. The Kier molecular flexibility index (Phi) is 11.1. The Morgan fingerprint density at radius 2 is 0.897 bits per heavy atom. The van der Waals surface area contributed by atoms with Gasteiger partial charge in [0, 0.05) is 23.7 Å². The van der Waals surface area contributed by atoms with Crippen LogP contribution in [0.2, 0.25) is 0 Å². The first-order valence-corrected chi connectivity index (χ1v) is 27.3. The molecule has 8 heteroatoms. The number of hydrogen-bond donors (Lipinski definition) is 3.